The van der Waals surface area contributed by atoms with Gasteiger partial charge in [-0.25, -0.2) is 4.39 Å². The summed E-state index contributed by atoms with van der Waals surface area (Å²) in [4.78, 5) is 19.9. The first kappa shape index (κ1) is 14.2. The maximum atomic E-state index is 12.9. The maximum Gasteiger partial charge on any atom is 0.471 e. The molecule has 0 aliphatic carbocycles. The quantitative estimate of drug-likeness (QED) is 0.516. The fraction of sp³-hybridized carbons (Fsp3) is 0.125. The van der Waals surface area contributed by atoms with Crippen molar-refractivity contribution in [3.05, 3.63) is 33.1 Å². The van der Waals surface area contributed by atoms with Gasteiger partial charge in [0.25, 0.3) is 5.69 Å². The number of hydrogen-bond donors (Lipinski definition) is 1. The second-order valence-electron chi connectivity index (χ2n) is 2.99. The number of nitro groups is 1. The molecule has 1 amide bonds. The van der Waals surface area contributed by atoms with Crippen LogP contribution in [0.25, 0.3) is 0 Å². The summed E-state index contributed by atoms with van der Waals surface area (Å²) in [5.74, 6) is -3.61. The van der Waals surface area contributed by atoms with E-state index in [2.05, 4.69) is 0 Å². The molecule has 0 bridgehead atoms. The van der Waals surface area contributed by atoms with Crippen molar-refractivity contribution >= 4 is 28.9 Å². The first-order chi connectivity index (χ1) is 8.12. The summed E-state index contributed by atoms with van der Waals surface area (Å²) >= 11 is 5.26. The Bertz CT molecular complexity index is 518. The highest BCUT2D eigenvalue weighted by atomic mass is 35.5. The van der Waals surface area contributed by atoms with E-state index in [0.29, 0.717) is 12.1 Å². The van der Waals surface area contributed by atoms with Crippen molar-refractivity contribution in [1.82, 2.24) is 0 Å². The molecule has 0 saturated heterocycles. The highest BCUT2D eigenvalue weighted by Gasteiger charge is 2.39. The molecular weight excluding hydrogens is 284 g/mol. The Balaban J connectivity index is 3.20. The summed E-state index contributed by atoms with van der Waals surface area (Å²) in [5, 5.41) is 11.1. The number of nitrogens with zero attached hydrogens (tertiary/aromatic N) is 1. The third kappa shape index (κ3) is 3.06. The largest absolute Gasteiger partial charge is 0.471 e. The van der Waals surface area contributed by atoms with Crippen molar-refractivity contribution in [2.24, 2.45) is 0 Å². The van der Waals surface area contributed by atoms with Crippen LogP contribution in [-0.2, 0) is 4.79 Å². The molecule has 0 aliphatic heterocycles. The van der Waals surface area contributed by atoms with Gasteiger partial charge in [-0.3, -0.25) is 14.9 Å². The average molecular weight is 287 g/mol. The summed E-state index contributed by atoms with van der Waals surface area (Å²) in [6.07, 6.45) is -5.23. The lowest BCUT2D eigenvalue weighted by Gasteiger charge is -2.08. The second kappa shape index (κ2) is 4.77. The molecular formula is C8H3ClF4N2O3. The summed E-state index contributed by atoms with van der Waals surface area (Å²) < 4.78 is 48.8. The Morgan fingerprint density at radius 3 is 2.39 bits per heavy atom. The minimum atomic E-state index is -5.23. The molecule has 0 unspecified atom stereocenters. The molecule has 0 saturated carbocycles. The van der Waals surface area contributed by atoms with Crippen LogP contribution < -0.4 is 5.32 Å². The Kier molecular flexibility index (Phi) is 3.75. The van der Waals surface area contributed by atoms with E-state index >= 15 is 0 Å². The average Bonchev–Trinajstić information content (AvgIpc) is 2.21. The highest BCUT2D eigenvalue weighted by Crippen LogP contribution is 2.31. The van der Waals surface area contributed by atoms with Crippen molar-refractivity contribution < 1.29 is 27.3 Å². The number of carbonyl (C=O) groups excluding carboxylic acids is 1. The molecule has 1 aromatic rings. The molecule has 5 nitrogen and oxygen atoms in total. The van der Waals surface area contributed by atoms with Crippen molar-refractivity contribution in [1.29, 1.82) is 0 Å². The third-order valence-corrected chi connectivity index (χ3v) is 2.03. The summed E-state index contributed by atoms with van der Waals surface area (Å²) in [6.45, 7) is 0. The molecule has 0 heterocycles. The third-order valence-electron chi connectivity index (χ3n) is 1.74. The molecule has 1 aromatic carbocycles. The van der Waals surface area contributed by atoms with E-state index in [-0.39, 0.29) is 0 Å². The lowest BCUT2D eigenvalue weighted by molar-refractivity contribution is -0.384. The van der Waals surface area contributed by atoms with Gasteiger partial charge in [0.2, 0.25) is 0 Å². The van der Waals surface area contributed by atoms with Crippen LogP contribution in [-0.4, -0.2) is 17.0 Å². The predicted molar refractivity (Wildman–Crippen MR) is 52.7 cm³/mol. The van der Waals surface area contributed by atoms with Crippen molar-refractivity contribution in [3.63, 3.8) is 0 Å². The Morgan fingerprint density at radius 2 is 1.94 bits per heavy atom. The Hall–Kier alpha value is -1.90. The lowest BCUT2D eigenvalue weighted by Crippen LogP contribution is -2.30. The molecule has 0 radical (unpaired) electrons. The second-order valence-corrected chi connectivity index (χ2v) is 3.40. The maximum absolute atomic E-state index is 12.9. The topological polar surface area (TPSA) is 72.2 Å². The van der Waals surface area contributed by atoms with Gasteiger partial charge in [-0.2, -0.15) is 13.2 Å². The van der Waals surface area contributed by atoms with Crippen molar-refractivity contribution in [2.45, 2.75) is 6.18 Å². The van der Waals surface area contributed by atoms with E-state index < -0.39 is 39.2 Å². The lowest BCUT2D eigenvalue weighted by atomic mass is 10.2. The first-order valence-electron chi connectivity index (χ1n) is 4.14. The van der Waals surface area contributed by atoms with Crippen LogP contribution >= 0.6 is 11.6 Å². The van der Waals surface area contributed by atoms with Gasteiger partial charge in [0.1, 0.15) is 11.5 Å². The van der Waals surface area contributed by atoms with E-state index in [1.165, 1.54) is 5.32 Å². The monoisotopic (exact) mass is 286 g/mol. The van der Waals surface area contributed by atoms with Gasteiger partial charge in [-0.1, -0.05) is 11.6 Å². The number of carbonyl (C=O) groups is 1. The SMILES string of the molecule is O=C(Nc1cc(Cl)c(F)cc1[N+](=O)[O-])C(F)(F)F. The Labute approximate surface area is 101 Å². The smallest absolute Gasteiger partial charge is 0.312 e. The van der Waals surface area contributed by atoms with Crippen molar-refractivity contribution in [3.8, 4) is 0 Å². The van der Waals surface area contributed by atoms with Crippen molar-refractivity contribution in [2.75, 3.05) is 5.32 Å². The van der Waals surface area contributed by atoms with Gasteiger partial charge in [-0.15, -0.1) is 0 Å². The number of anilines is 1. The number of nitrogens with one attached hydrogen (secondary N) is 1. The van der Waals surface area contributed by atoms with E-state index in [1.807, 2.05) is 0 Å². The molecule has 10 heteroatoms. The molecule has 0 spiro atoms. The summed E-state index contributed by atoms with van der Waals surface area (Å²) in [5.41, 5.74) is -1.87. The number of nitro benzene ring substituents is 1. The van der Waals surface area contributed by atoms with E-state index in [9.17, 15) is 32.5 Å². The van der Waals surface area contributed by atoms with Gasteiger partial charge in [0.05, 0.1) is 16.0 Å². The molecule has 0 aromatic heterocycles. The molecule has 0 atom stereocenters. The standard InChI is InChI=1S/C8H3ClF4N2O3/c9-3-1-5(14-7(16)8(11,12)13)6(15(17)18)2-4(3)10/h1-2H,(H,14,16). The number of rotatable bonds is 2. The molecule has 0 aliphatic rings. The number of benzene rings is 1. The van der Waals surface area contributed by atoms with Crippen LogP contribution in [0.2, 0.25) is 5.02 Å². The van der Waals surface area contributed by atoms with Crippen LogP contribution in [0.3, 0.4) is 0 Å². The zero-order valence-corrected chi connectivity index (χ0v) is 8.97. The predicted octanol–water partition coefficient (Wildman–Crippen LogP) is 2.89. The normalized spacial score (nSPS) is 11.2. The fourth-order valence-electron chi connectivity index (χ4n) is 0.981. The molecule has 1 rings (SSSR count). The number of amides is 1. The van der Waals surface area contributed by atoms with Crippen LogP contribution in [0.5, 0.6) is 0 Å². The molecule has 0 fully saturated rings. The van der Waals surface area contributed by atoms with E-state index in [4.69, 9.17) is 11.6 Å². The number of hydrogen-bond acceptors (Lipinski definition) is 3. The number of halogens is 5. The van der Waals surface area contributed by atoms with Crippen LogP contribution in [0.1, 0.15) is 0 Å². The van der Waals surface area contributed by atoms with Gasteiger partial charge in [0.15, 0.2) is 0 Å². The molecule has 98 valence electrons. The Morgan fingerprint density at radius 1 is 1.39 bits per heavy atom. The zero-order chi connectivity index (χ0) is 14.1. The molecule has 1 N–H and O–H groups in total. The molecule has 18 heavy (non-hydrogen) atoms. The van der Waals surface area contributed by atoms with E-state index in [1.54, 1.807) is 0 Å². The minimum absolute atomic E-state index is 0.314. The fourth-order valence-corrected chi connectivity index (χ4v) is 1.14. The first-order valence-corrected chi connectivity index (χ1v) is 4.52. The van der Waals surface area contributed by atoms with Crippen LogP contribution in [0, 0.1) is 15.9 Å². The van der Waals surface area contributed by atoms with Gasteiger partial charge in [0, 0.05) is 0 Å². The van der Waals surface area contributed by atoms with Crippen LogP contribution in [0.4, 0.5) is 28.9 Å². The highest BCUT2D eigenvalue weighted by molar-refractivity contribution is 6.31. The summed E-state index contributed by atoms with van der Waals surface area (Å²) in [7, 11) is 0. The van der Waals surface area contributed by atoms with Crippen LogP contribution in [0.15, 0.2) is 12.1 Å². The summed E-state index contributed by atoms with van der Waals surface area (Å²) in [6, 6.07) is 0.840. The minimum Gasteiger partial charge on any atom is -0.312 e. The van der Waals surface area contributed by atoms with Gasteiger partial charge < -0.3 is 5.32 Å². The van der Waals surface area contributed by atoms with Gasteiger partial charge in [-0.05, 0) is 6.07 Å². The number of alkyl halides is 3. The zero-order valence-electron chi connectivity index (χ0n) is 8.22. The van der Waals surface area contributed by atoms with E-state index in [0.717, 1.165) is 0 Å². The van der Waals surface area contributed by atoms with Gasteiger partial charge >= 0.3 is 12.1 Å².